The van der Waals surface area contributed by atoms with Gasteiger partial charge in [-0.3, -0.25) is 0 Å². The van der Waals surface area contributed by atoms with Crippen LogP contribution in [0.2, 0.25) is 10.0 Å². The minimum atomic E-state index is -0.254. The largest absolute Gasteiger partial charge is 0.467 e. The molecule has 0 bridgehead atoms. The number of aryl methyl sites for hydroxylation is 1. The summed E-state index contributed by atoms with van der Waals surface area (Å²) in [6.07, 6.45) is 5.26. The van der Waals surface area contributed by atoms with Crippen molar-refractivity contribution in [2.75, 3.05) is 5.32 Å². The fraction of sp³-hybridized carbons (Fsp3) is 0.133. The first kappa shape index (κ1) is 14.0. The third kappa shape index (κ3) is 2.77. The molecule has 1 unspecified atom stereocenters. The van der Waals surface area contributed by atoms with Gasteiger partial charge in [-0.2, -0.15) is 0 Å². The Balaban J connectivity index is 2.01. The molecule has 1 aromatic carbocycles. The number of aromatic nitrogens is 2. The molecule has 4 nitrogen and oxygen atoms in total. The Bertz CT molecular complexity index is 737. The van der Waals surface area contributed by atoms with Crippen LogP contribution >= 0.6 is 23.2 Å². The number of benzene rings is 1. The summed E-state index contributed by atoms with van der Waals surface area (Å²) < 4.78 is 7.45. The van der Waals surface area contributed by atoms with E-state index in [4.69, 9.17) is 27.6 Å². The summed E-state index contributed by atoms with van der Waals surface area (Å²) in [4.78, 5) is 4.38. The maximum absolute atomic E-state index is 6.25. The Labute approximate surface area is 132 Å². The summed E-state index contributed by atoms with van der Waals surface area (Å²) in [7, 11) is 1.93. The first-order valence-corrected chi connectivity index (χ1v) is 7.13. The Hall–Kier alpha value is -1.91. The van der Waals surface area contributed by atoms with Gasteiger partial charge in [-0.05, 0) is 24.3 Å². The lowest BCUT2D eigenvalue weighted by molar-refractivity contribution is 0.488. The lowest BCUT2D eigenvalue weighted by Crippen LogP contribution is -2.16. The quantitative estimate of drug-likeness (QED) is 0.768. The summed E-state index contributed by atoms with van der Waals surface area (Å²) in [5.41, 5.74) is 0.730. The van der Waals surface area contributed by atoms with Crippen LogP contribution < -0.4 is 5.32 Å². The molecule has 0 aliphatic rings. The molecule has 3 aromatic rings. The van der Waals surface area contributed by atoms with Crippen molar-refractivity contribution < 1.29 is 4.42 Å². The van der Waals surface area contributed by atoms with E-state index in [1.54, 1.807) is 18.5 Å². The molecule has 2 heterocycles. The zero-order valence-corrected chi connectivity index (χ0v) is 12.8. The molecule has 0 fully saturated rings. The molecular weight excluding hydrogens is 309 g/mol. The summed E-state index contributed by atoms with van der Waals surface area (Å²) in [5.74, 6) is 1.57. The van der Waals surface area contributed by atoms with E-state index in [2.05, 4.69) is 10.3 Å². The van der Waals surface area contributed by atoms with Gasteiger partial charge < -0.3 is 14.3 Å². The highest BCUT2D eigenvalue weighted by Gasteiger charge is 2.22. The molecule has 3 rings (SSSR count). The molecule has 0 aliphatic carbocycles. The van der Waals surface area contributed by atoms with Gasteiger partial charge in [-0.15, -0.1) is 0 Å². The molecule has 21 heavy (non-hydrogen) atoms. The molecule has 2 aromatic heterocycles. The van der Waals surface area contributed by atoms with Crippen molar-refractivity contribution in [3.63, 3.8) is 0 Å². The predicted molar refractivity (Wildman–Crippen MR) is 83.8 cm³/mol. The van der Waals surface area contributed by atoms with Crippen LogP contribution in [0.1, 0.15) is 17.6 Å². The maximum atomic E-state index is 6.25. The van der Waals surface area contributed by atoms with Gasteiger partial charge in [0.05, 0.1) is 22.0 Å². The molecule has 1 N–H and O–H groups in total. The molecule has 6 heteroatoms. The maximum Gasteiger partial charge on any atom is 0.143 e. The van der Waals surface area contributed by atoms with Gasteiger partial charge in [-0.1, -0.05) is 29.3 Å². The number of imidazole rings is 1. The minimum Gasteiger partial charge on any atom is -0.467 e. The Kier molecular flexibility index (Phi) is 3.90. The van der Waals surface area contributed by atoms with Crippen LogP contribution in [-0.4, -0.2) is 9.55 Å². The standard InChI is InChI=1S/C15H13Cl2N3O/c1-20-8-7-18-15(20)14(12-6-3-9-21-12)19-11-5-2-4-10(16)13(11)17/h2-9,14,19H,1H3. The second-order valence-corrected chi connectivity index (χ2v) is 5.38. The van der Waals surface area contributed by atoms with Gasteiger partial charge in [0, 0.05) is 19.4 Å². The normalized spacial score (nSPS) is 12.3. The lowest BCUT2D eigenvalue weighted by atomic mass is 10.2. The fourth-order valence-corrected chi connectivity index (χ4v) is 2.50. The van der Waals surface area contributed by atoms with Crippen LogP contribution in [-0.2, 0) is 7.05 Å². The lowest BCUT2D eigenvalue weighted by Gasteiger charge is -2.19. The van der Waals surface area contributed by atoms with Crippen molar-refractivity contribution in [1.29, 1.82) is 0 Å². The molecule has 0 amide bonds. The van der Waals surface area contributed by atoms with Crippen molar-refractivity contribution in [2.24, 2.45) is 7.05 Å². The number of nitrogens with one attached hydrogen (secondary N) is 1. The number of halogens is 2. The number of rotatable bonds is 4. The molecular formula is C15H13Cl2N3O. The fourth-order valence-electron chi connectivity index (χ4n) is 2.14. The topological polar surface area (TPSA) is 43.0 Å². The van der Waals surface area contributed by atoms with Crippen LogP contribution in [0.25, 0.3) is 0 Å². The van der Waals surface area contributed by atoms with Gasteiger partial charge in [-0.25, -0.2) is 4.98 Å². The number of anilines is 1. The second kappa shape index (κ2) is 5.84. The SMILES string of the molecule is Cn1ccnc1C(Nc1cccc(Cl)c1Cl)c1ccco1. The Morgan fingerprint density at radius 3 is 2.76 bits per heavy atom. The first-order chi connectivity index (χ1) is 10.2. The third-order valence-electron chi connectivity index (χ3n) is 3.20. The van der Waals surface area contributed by atoms with Crippen LogP contribution in [0.15, 0.2) is 53.4 Å². The molecule has 0 aliphatic heterocycles. The molecule has 0 spiro atoms. The third-order valence-corrected chi connectivity index (χ3v) is 4.01. The van der Waals surface area contributed by atoms with Gasteiger partial charge in [0.1, 0.15) is 17.6 Å². The van der Waals surface area contributed by atoms with E-state index >= 15 is 0 Å². The smallest absolute Gasteiger partial charge is 0.143 e. The van der Waals surface area contributed by atoms with E-state index in [-0.39, 0.29) is 6.04 Å². The van der Waals surface area contributed by atoms with E-state index in [1.165, 1.54) is 0 Å². The van der Waals surface area contributed by atoms with Crippen LogP contribution in [0.4, 0.5) is 5.69 Å². The Morgan fingerprint density at radius 1 is 1.24 bits per heavy atom. The van der Waals surface area contributed by atoms with Crippen LogP contribution in [0, 0.1) is 0 Å². The number of hydrogen-bond acceptors (Lipinski definition) is 3. The molecule has 0 saturated heterocycles. The Morgan fingerprint density at radius 2 is 2.10 bits per heavy atom. The summed E-state index contributed by atoms with van der Waals surface area (Å²) in [6, 6.07) is 8.94. The van der Waals surface area contributed by atoms with Gasteiger partial charge in [0.15, 0.2) is 0 Å². The van der Waals surface area contributed by atoms with E-state index in [1.807, 2.05) is 42.1 Å². The van der Waals surface area contributed by atoms with E-state index in [9.17, 15) is 0 Å². The van der Waals surface area contributed by atoms with Crippen molar-refractivity contribution in [3.8, 4) is 0 Å². The van der Waals surface area contributed by atoms with E-state index in [0.717, 1.165) is 17.3 Å². The monoisotopic (exact) mass is 321 g/mol. The molecule has 0 saturated carbocycles. The average Bonchev–Trinajstić information content (AvgIpc) is 3.12. The van der Waals surface area contributed by atoms with Crippen molar-refractivity contribution in [1.82, 2.24) is 9.55 Å². The van der Waals surface area contributed by atoms with Gasteiger partial charge in [0.2, 0.25) is 0 Å². The van der Waals surface area contributed by atoms with Gasteiger partial charge in [0.25, 0.3) is 0 Å². The highest BCUT2D eigenvalue weighted by Crippen LogP contribution is 2.33. The summed E-state index contributed by atoms with van der Waals surface area (Å²) in [5, 5.41) is 4.32. The molecule has 1 atom stereocenters. The highest BCUT2D eigenvalue weighted by atomic mass is 35.5. The van der Waals surface area contributed by atoms with E-state index < -0.39 is 0 Å². The van der Waals surface area contributed by atoms with E-state index in [0.29, 0.717) is 10.0 Å². The number of furan rings is 1. The highest BCUT2D eigenvalue weighted by molar-refractivity contribution is 6.43. The van der Waals surface area contributed by atoms with Crippen molar-refractivity contribution in [2.45, 2.75) is 6.04 Å². The minimum absolute atomic E-state index is 0.254. The zero-order valence-electron chi connectivity index (χ0n) is 11.3. The number of nitrogens with zero attached hydrogens (tertiary/aromatic N) is 2. The number of hydrogen-bond donors (Lipinski definition) is 1. The zero-order chi connectivity index (χ0) is 14.8. The van der Waals surface area contributed by atoms with Gasteiger partial charge >= 0.3 is 0 Å². The summed E-state index contributed by atoms with van der Waals surface area (Å²) in [6.45, 7) is 0. The predicted octanol–water partition coefficient (Wildman–Crippen LogP) is 4.52. The van der Waals surface area contributed by atoms with Crippen molar-refractivity contribution >= 4 is 28.9 Å². The first-order valence-electron chi connectivity index (χ1n) is 6.38. The van der Waals surface area contributed by atoms with Crippen LogP contribution in [0.3, 0.4) is 0 Å². The summed E-state index contributed by atoms with van der Waals surface area (Å²) >= 11 is 12.3. The average molecular weight is 322 g/mol. The van der Waals surface area contributed by atoms with Crippen LogP contribution in [0.5, 0.6) is 0 Å². The molecule has 108 valence electrons. The van der Waals surface area contributed by atoms with Crippen molar-refractivity contribution in [3.05, 3.63) is 70.6 Å². The molecule has 0 radical (unpaired) electrons. The second-order valence-electron chi connectivity index (χ2n) is 4.59.